The third-order valence-electron chi connectivity index (χ3n) is 3.88. The van der Waals surface area contributed by atoms with Gasteiger partial charge in [-0.1, -0.05) is 6.92 Å². The Labute approximate surface area is 118 Å². The van der Waals surface area contributed by atoms with Crippen LogP contribution < -0.4 is 5.32 Å². The Morgan fingerprint density at radius 3 is 2.42 bits per heavy atom. The number of nitrogens with one attached hydrogen (secondary N) is 1. The number of nitrogens with zero attached hydrogens (tertiary/aromatic N) is 1. The second kappa shape index (κ2) is 7.04. The van der Waals surface area contributed by atoms with Crippen LogP contribution in [0.15, 0.2) is 0 Å². The summed E-state index contributed by atoms with van der Waals surface area (Å²) in [6, 6.07) is 0.337. The maximum atomic E-state index is 12.4. The molecule has 0 saturated heterocycles. The fraction of sp³-hybridized carbons (Fsp3) is 1.00. The van der Waals surface area contributed by atoms with Crippen molar-refractivity contribution in [2.75, 3.05) is 25.4 Å². The zero-order valence-corrected chi connectivity index (χ0v) is 12.9. The molecule has 0 aliphatic heterocycles. The van der Waals surface area contributed by atoms with Gasteiger partial charge in [-0.25, -0.2) is 8.42 Å². The van der Waals surface area contributed by atoms with Crippen molar-refractivity contribution in [3.05, 3.63) is 0 Å². The molecule has 4 nitrogen and oxygen atoms in total. The van der Waals surface area contributed by atoms with Gasteiger partial charge < -0.3 is 5.32 Å². The van der Waals surface area contributed by atoms with Gasteiger partial charge in [-0.2, -0.15) is 4.31 Å². The molecule has 0 aromatic carbocycles. The number of sulfonamides is 1. The van der Waals surface area contributed by atoms with Crippen LogP contribution in [0.3, 0.4) is 0 Å². The van der Waals surface area contributed by atoms with Crippen LogP contribution in [0, 0.1) is 5.92 Å². The van der Waals surface area contributed by atoms with Crippen LogP contribution in [0.5, 0.6) is 0 Å². The lowest BCUT2D eigenvalue weighted by atomic mass is 10.3. The molecule has 2 rings (SSSR count). The van der Waals surface area contributed by atoms with E-state index in [9.17, 15) is 8.42 Å². The smallest absolute Gasteiger partial charge is 0.214 e. The van der Waals surface area contributed by atoms with Crippen LogP contribution >= 0.6 is 0 Å². The van der Waals surface area contributed by atoms with Crippen molar-refractivity contribution < 1.29 is 8.42 Å². The monoisotopic (exact) mass is 288 g/mol. The van der Waals surface area contributed by atoms with E-state index in [0.717, 1.165) is 51.7 Å². The van der Waals surface area contributed by atoms with E-state index in [2.05, 4.69) is 12.2 Å². The van der Waals surface area contributed by atoms with E-state index in [-0.39, 0.29) is 0 Å². The van der Waals surface area contributed by atoms with Gasteiger partial charge in [0.15, 0.2) is 0 Å². The van der Waals surface area contributed by atoms with E-state index in [1.54, 1.807) is 0 Å². The zero-order valence-electron chi connectivity index (χ0n) is 12.1. The highest BCUT2D eigenvalue weighted by molar-refractivity contribution is 7.89. The summed E-state index contributed by atoms with van der Waals surface area (Å²) in [4.78, 5) is 0. The molecule has 112 valence electrons. The van der Waals surface area contributed by atoms with Gasteiger partial charge in [-0.05, 0) is 64.0 Å². The maximum Gasteiger partial charge on any atom is 0.214 e. The molecule has 0 spiro atoms. The molecule has 0 unspecified atom stereocenters. The lowest BCUT2D eigenvalue weighted by molar-refractivity contribution is 0.387. The van der Waals surface area contributed by atoms with Crippen molar-refractivity contribution in [2.45, 2.75) is 57.9 Å². The maximum absolute atomic E-state index is 12.4. The van der Waals surface area contributed by atoms with Crippen molar-refractivity contribution in [1.29, 1.82) is 0 Å². The topological polar surface area (TPSA) is 49.4 Å². The number of unbranched alkanes of at least 4 members (excludes halogenated alkanes) is 1. The van der Waals surface area contributed by atoms with Crippen LogP contribution in [0.25, 0.3) is 0 Å². The van der Waals surface area contributed by atoms with E-state index in [1.165, 1.54) is 12.8 Å². The van der Waals surface area contributed by atoms with Gasteiger partial charge in [0.25, 0.3) is 0 Å². The van der Waals surface area contributed by atoms with Gasteiger partial charge in [0.2, 0.25) is 10.0 Å². The molecular formula is C14H28N2O2S. The third kappa shape index (κ3) is 5.40. The molecule has 19 heavy (non-hydrogen) atoms. The largest absolute Gasteiger partial charge is 0.317 e. The Balaban J connectivity index is 1.69. The average Bonchev–Trinajstić information content (AvgIpc) is 3.24. The third-order valence-corrected chi connectivity index (χ3v) is 5.85. The summed E-state index contributed by atoms with van der Waals surface area (Å²) in [5.74, 6) is 0.992. The lowest BCUT2D eigenvalue weighted by Crippen LogP contribution is -2.36. The molecular weight excluding hydrogens is 260 g/mol. The first-order chi connectivity index (χ1) is 9.13. The van der Waals surface area contributed by atoms with Gasteiger partial charge in [0.05, 0.1) is 5.75 Å². The Morgan fingerprint density at radius 2 is 1.84 bits per heavy atom. The van der Waals surface area contributed by atoms with Gasteiger partial charge in [0, 0.05) is 12.6 Å². The second-order valence-corrected chi connectivity index (χ2v) is 8.06. The SMILES string of the molecule is CCCNCCCCS(=O)(=O)N(CC1CC1)C1CC1. The molecule has 0 aromatic heterocycles. The summed E-state index contributed by atoms with van der Waals surface area (Å²) in [5.41, 5.74) is 0. The van der Waals surface area contributed by atoms with Crippen LogP contribution in [-0.4, -0.2) is 44.2 Å². The Bertz CT molecular complexity index is 362. The summed E-state index contributed by atoms with van der Waals surface area (Å²) in [7, 11) is -3.00. The molecule has 5 heteroatoms. The lowest BCUT2D eigenvalue weighted by Gasteiger charge is -2.21. The minimum atomic E-state index is -3.00. The molecule has 2 saturated carbocycles. The van der Waals surface area contributed by atoms with Crippen LogP contribution in [0.1, 0.15) is 51.9 Å². The van der Waals surface area contributed by atoms with Crippen LogP contribution in [0.4, 0.5) is 0 Å². The van der Waals surface area contributed by atoms with Crippen molar-refractivity contribution in [3.63, 3.8) is 0 Å². The number of hydrogen-bond donors (Lipinski definition) is 1. The van der Waals surface area contributed by atoms with Gasteiger partial charge in [0.1, 0.15) is 0 Å². The summed E-state index contributed by atoms with van der Waals surface area (Å²) in [6.45, 7) is 4.90. The van der Waals surface area contributed by atoms with Crippen molar-refractivity contribution in [2.24, 2.45) is 5.92 Å². The summed E-state index contributed by atoms with van der Waals surface area (Å²) < 4.78 is 26.6. The second-order valence-electron chi connectivity index (χ2n) is 6.02. The van der Waals surface area contributed by atoms with Crippen LogP contribution in [0.2, 0.25) is 0 Å². The fourth-order valence-electron chi connectivity index (χ4n) is 2.36. The van der Waals surface area contributed by atoms with E-state index in [0.29, 0.717) is 17.7 Å². The molecule has 1 N–H and O–H groups in total. The first-order valence-corrected chi connectivity index (χ1v) is 9.44. The Hall–Kier alpha value is -0.130. The predicted molar refractivity (Wildman–Crippen MR) is 78.6 cm³/mol. The predicted octanol–water partition coefficient (Wildman–Crippen LogP) is 1.97. The standard InChI is InChI=1S/C14H28N2O2S/c1-2-9-15-10-3-4-11-19(17,18)16(14-7-8-14)12-13-5-6-13/h13-15H,2-12H2,1H3. The molecule has 0 heterocycles. The van der Waals surface area contributed by atoms with E-state index in [1.807, 2.05) is 4.31 Å². The summed E-state index contributed by atoms with van der Waals surface area (Å²) in [5, 5.41) is 3.32. The van der Waals surface area contributed by atoms with E-state index in [4.69, 9.17) is 0 Å². The summed E-state index contributed by atoms with van der Waals surface area (Å²) >= 11 is 0. The quantitative estimate of drug-likeness (QED) is 0.591. The Morgan fingerprint density at radius 1 is 1.11 bits per heavy atom. The molecule has 0 atom stereocenters. The minimum Gasteiger partial charge on any atom is -0.317 e. The zero-order chi connectivity index (χ0) is 13.7. The summed E-state index contributed by atoms with van der Waals surface area (Å²) in [6.07, 6.45) is 7.47. The molecule has 0 aromatic rings. The van der Waals surface area contributed by atoms with Gasteiger partial charge in [-0.3, -0.25) is 0 Å². The van der Waals surface area contributed by atoms with Crippen molar-refractivity contribution in [3.8, 4) is 0 Å². The highest BCUT2D eigenvalue weighted by Crippen LogP contribution is 2.36. The van der Waals surface area contributed by atoms with Crippen molar-refractivity contribution in [1.82, 2.24) is 9.62 Å². The van der Waals surface area contributed by atoms with Crippen molar-refractivity contribution >= 4 is 10.0 Å². The fourth-order valence-corrected chi connectivity index (χ4v) is 4.27. The molecule has 2 aliphatic carbocycles. The van der Waals surface area contributed by atoms with Gasteiger partial charge in [-0.15, -0.1) is 0 Å². The van der Waals surface area contributed by atoms with E-state index < -0.39 is 10.0 Å². The van der Waals surface area contributed by atoms with E-state index >= 15 is 0 Å². The number of hydrogen-bond acceptors (Lipinski definition) is 3. The Kier molecular flexibility index (Phi) is 5.66. The highest BCUT2D eigenvalue weighted by Gasteiger charge is 2.39. The number of rotatable bonds is 11. The highest BCUT2D eigenvalue weighted by atomic mass is 32.2. The van der Waals surface area contributed by atoms with Crippen LogP contribution in [-0.2, 0) is 10.0 Å². The molecule has 0 bridgehead atoms. The first-order valence-electron chi connectivity index (χ1n) is 7.83. The average molecular weight is 288 g/mol. The molecule has 2 fully saturated rings. The van der Waals surface area contributed by atoms with Gasteiger partial charge >= 0.3 is 0 Å². The minimum absolute atomic E-state index is 0.337. The molecule has 2 aliphatic rings. The first kappa shape index (κ1) is 15.3. The molecule has 0 radical (unpaired) electrons. The normalized spacial score (nSPS) is 20.1. The molecule has 0 amide bonds.